The Hall–Kier alpha value is -4.20. The van der Waals surface area contributed by atoms with Crippen molar-refractivity contribution < 1.29 is 19.0 Å². The smallest absolute Gasteiger partial charge is 0.322 e. The third kappa shape index (κ3) is 4.47. The van der Waals surface area contributed by atoms with Gasteiger partial charge in [-0.25, -0.2) is 9.79 Å². The van der Waals surface area contributed by atoms with E-state index in [1.807, 2.05) is 72.5 Å². The van der Waals surface area contributed by atoms with Gasteiger partial charge in [0, 0.05) is 37.4 Å². The van der Waals surface area contributed by atoms with Crippen LogP contribution >= 0.6 is 0 Å². The highest BCUT2D eigenvalue weighted by atomic mass is 16.5. The second-order valence-electron chi connectivity index (χ2n) is 8.49. The summed E-state index contributed by atoms with van der Waals surface area (Å²) in [7, 11) is 3.24. The molecule has 5 rings (SSSR count). The van der Waals surface area contributed by atoms with Gasteiger partial charge in [-0.1, -0.05) is 24.3 Å². The van der Waals surface area contributed by atoms with E-state index in [1.165, 1.54) is 0 Å². The van der Waals surface area contributed by atoms with Crippen LogP contribution in [0.4, 0.5) is 16.2 Å². The van der Waals surface area contributed by atoms with E-state index in [9.17, 15) is 4.79 Å². The molecule has 0 radical (unpaired) electrons. The Kier molecular flexibility index (Phi) is 6.18. The first-order valence-electron chi connectivity index (χ1n) is 11.6. The monoisotopic (exact) mass is 472 g/mol. The lowest BCUT2D eigenvalue weighted by Gasteiger charge is -2.41. The number of hydrogen-bond acceptors (Lipinski definition) is 6. The summed E-state index contributed by atoms with van der Waals surface area (Å²) in [6, 6.07) is 20.7. The topological polar surface area (TPSA) is 75.6 Å². The highest BCUT2D eigenvalue weighted by Gasteiger charge is 2.32. The number of rotatable bonds is 3. The minimum absolute atomic E-state index is 0.0365. The van der Waals surface area contributed by atoms with Crippen molar-refractivity contribution in [1.29, 1.82) is 0 Å². The number of fused-ring (bicyclic) bond motifs is 2. The predicted molar refractivity (Wildman–Crippen MR) is 135 cm³/mol. The Morgan fingerprint density at radius 1 is 1.03 bits per heavy atom. The zero-order chi connectivity index (χ0) is 24.4. The molecule has 1 unspecified atom stereocenters. The van der Waals surface area contributed by atoms with E-state index in [2.05, 4.69) is 10.2 Å². The Bertz CT molecular complexity index is 1280. The lowest BCUT2D eigenvalue weighted by Crippen LogP contribution is -2.56. The van der Waals surface area contributed by atoms with Crippen molar-refractivity contribution in [3.63, 3.8) is 0 Å². The second kappa shape index (κ2) is 9.58. The highest BCUT2D eigenvalue weighted by molar-refractivity contribution is 6.04. The van der Waals surface area contributed by atoms with Gasteiger partial charge in [0.25, 0.3) is 0 Å². The molecule has 1 atom stereocenters. The molecule has 0 bridgehead atoms. The van der Waals surface area contributed by atoms with E-state index < -0.39 is 0 Å². The SMILES string of the molecule is COc1cccc(NC(=O)N2CCN(C3=Nc4ccccc4Oc4c(OC)cccc43)CC2C)c1. The average molecular weight is 473 g/mol. The molecule has 2 amide bonds. The number of aliphatic imine (C=N–C) groups is 1. The number of piperazine rings is 1. The molecule has 180 valence electrons. The first-order chi connectivity index (χ1) is 17.1. The zero-order valence-corrected chi connectivity index (χ0v) is 20.0. The Balaban J connectivity index is 1.39. The molecular formula is C27H28N4O4. The van der Waals surface area contributed by atoms with Gasteiger partial charge in [-0.15, -0.1) is 0 Å². The highest BCUT2D eigenvalue weighted by Crippen LogP contribution is 2.42. The van der Waals surface area contributed by atoms with Crippen LogP contribution in [0.5, 0.6) is 23.0 Å². The van der Waals surface area contributed by atoms with Crippen molar-refractivity contribution in [2.45, 2.75) is 13.0 Å². The number of amidine groups is 1. The molecule has 0 saturated carbocycles. The molecular weight excluding hydrogens is 444 g/mol. The summed E-state index contributed by atoms with van der Waals surface area (Å²) in [6.07, 6.45) is 0. The van der Waals surface area contributed by atoms with Crippen LogP contribution in [0.3, 0.4) is 0 Å². The first-order valence-corrected chi connectivity index (χ1v) is 11.6. The number of carbonyl (C=O) groups is 1. The van der Waals surface area contributed by atoms with Crippen LogP contribution in [-0.2, 0) is 0 Å². The maximum absolute atomic E-state index is 13.0. The molecule has 2 heterocycles. The third-order valence-electron chi connectivity index (χ3n) is 6.25. The lowest BCUT2D eigenvalue weighted by atomic mass is 10.1. The molecule has 1 N–H and O–H groups in total. The van der Waals surface area contributed by atoms with Crippen molar-refractivity contribution in [1.82, 2.24) is 9.80 Å². The fraction of sp³-hybridized carbons (Fsp3) is 0.259. The van der Waals surface area contributed by atoms with Crippen LogP contribution in [-0.4, -0.2) is 61.6 Å². The standard InChI is InChI=1S/C27H28N4O4/c1-18-17-30(14-15-31(18)27(32)28-19-8-6-9-20(16-19)33-2)26-21-10-7-13-24(34-3)25(21)35-23-12-5-4-11-22(23)29-26/h4-13,16,18H,14-15,17H2,1-3H3,(H,28,32). The van der Waals surface area contributed by atoms with Gasteiger partial charge in [0.2, 0.25) is 0 Å². The van der Waals surface area contributed by atoms with Gasteiger partial charge in [-0.2, -0.15) is 0 Å². The summed E-state index contributed by atoms with van der Waals surface area (Å²) in [6.45, 7) is 3.86. The third-order valence-corrected chi connectivity index (χ3v) is 6.25. The Labute approximate surface area is 204 Å². The molecule has 0 spiro atoms. The zero-order valence-electron chi connectivity index (χ0n) is 20.0. The summed E-state index contributed by atoms with van der Waals surface area (Å²) in [5.41, 5.74) is 2.32. The average Bonchev–Trinajstić information content (AvgIpc) is 3.05. The minimum Gasteiger partial charge on any atom is -0.497 e. The Morgan fingerprint density at radius 3 is 2.66 bits per heavy atom. The number of nitrogens with zero attached hydrogens (tertiary/aromatic N) is 3. The second-order valence-corrected chi connectivity index (χ2v) is 8.49. The van der Waals surface area contributed by atoms with Crippen LogP contribution < -0.4 is 19.5 Å². The number of nitrogens with one attached hydrogen (secondary N) is 1. The first kappa shape index (κ1) is 22.6. The van der Waals surface area contributed by atoms with Gasteiger partial charge in [0.05, 0.1) is 19.8 Å². The number of urea groups is 1. The summed E-state index contributed by atoms with van der Waals surface area (Å²) >= 11 is 0. The number of para-hydroxylation sites is 3. The van der Waals surface area contributed by atoms with Crippen molar-refractivity contribution >= 4 is 23.2 Å². The van der Waals surface area contributed by atoms with Crippen molar-refractivity contribution in [3.05, 3.63) is 72.3 Å². The number of amides is 2. The van der Waals surface area contributed by atoms with Gasteiger partial charge in [-0.3, -0.25) is 0 Å². The van der Waals surface area contributed by atoms with Gasteiger partial charge >= 0.3 is 6.03 Å². The number of ether oxygens (including phenoxy) is 3. The van der Waals surface area contributed by atoms with Crippen molar-refractivity contribution in [2.75, 3.05) is 39.2 Å². The van der Waals surface area contributed by atoms with Gasteiger partial charge in [0.1, 0.15) is 17.3 Å². The van der Waals surface area contributed by atoms with Gasteiger partial charge in [0.15, 0.2) is 17.2 Å². The summed E-state index contributed by atoms with van der Waals surface area (Å²) in [4.78, 5) is 22.1. The summed E-state index contributed by atoms with van der Waals surface area (Å²) in [5.74, 6) is 3.48. The van der Waals surface area contributed by atoms with E-state index in [0.717, 1.165) is 17.1 Å². The van der Waals surface area contributed by atoms with E-state index >= 15 is 0 Å². The van der Waals surface area contributed by atoms with Crippen LogP contribution in [0.2, 0.25) is 0 Å². The van der Waals surface area contributed by atoms with Gasteiger partial charge < -0.3 is 29.3 Å². The molecule has 0 aromatic heterocycles. The van der Waals surface area contributed by atoms with Gasteiger partial charge in [-0.05, 0) is 43.3 Å². The van der Waals surface area contributed by atoms with E-state index in [1.54, 1.807) is 20.3 Å². The Morgan fingerprint density at radius 2 is 1.86 bits per heavy atom. The van der Waals surface area contributed by atoms with E-state index in [0.29, 0.717) is 48.3 Å². The molecule has 8 nitrogen and oxygen atoms in total. The lowest BCUT2D eigenvalue weighted by molar-refractivity contribution is 0.145. The fourth-order valence-electron chi connectivity index (χ4n) is 4.47. The molecule has 8 heteroatoms. The van der Waals surface area contributed by atoms with Crippen LogP contribution in [0, 0.1) is 0 Å². The number of carbonyl (C=O) groups excluding carboxylic acids is 1. The molecule has 2 aliphatic heterocycles. The van der Waals surface area contributed by atoms with E-state index in [-0.39, 0.29) is 12.1 Å². The quantitative estimate of drug-likeness (QED) is 0.572. The molecule has 0 aliphatic carbocycles. The normalized spacial score (nSPS) is 16.8. The largest absolute Gasteiger partial charge is 0.497 e. The number of benzene rings is 3. The molecule has 2 aliphatic rings. The molecule has 3 aromatic rings. The van der Waals surface area contributed by atoms with Crippen LogP contribution in [0.25, 0.3) is 0 Å². The number of methoxy groups -OCH3 is 2. The summed E-state index contributed by atoms with van der Waals surface area (Å²) < 4.78 is 17.1. The predicted octanol–water partition coefficient (Wildman–Crippen LogP) is 5.13. The van der Waals surface area contributed by atoms with E-state index in [4.69, 9.17) is 19.2 Å². The molecule has 1 saturated heterocycles. The minimum atomic E-state index is -0.135. The number of hydrogen-bond donors (Lipinski definition) is 1. The van der Waals surface area contributed by atoms with Crippen molar-refractivity contribution in [3.8, 4) is 23.0 Å². The summed E-state index contributed by atoms with van der Waals surface area (Å²) in [5, 5.41) is 2.99. The molecule has 3 aromatic carbocycles. The van der Waals surface area contributed by atoms with Crippen LogP contribution in [0.1, 0.15) is 12.5 Å². The van der Waals surface area contributed by atoms with Crippen molar-refractivity contribution in [2.24, 2.45) is 4.99 Å². The molecule has 1 fully saturated rings. The fourth-order valence-corrected chi connectivity index (χ4v) is 4.47. The molecule has 35 heavy (non-hydrogen) atoms. The van der Waals surface area contributed by atoms with Crippen LogP contribution in [0.15, 0.2) is 71.7 Å². The number of anilines is 1. The maximum Gasteiger partial charge on any atom is 0.322 e. The maximum atomic E-state index is 13.0.